The van der Waals surface area contributed by atoms with Crippen molar-refractivity contribution in [3.8, 4) is 0 Å². The van der Waals surface area contributed by atoms with Crippen LogP contribution in [0.15, 0.2) is 49.6 Å². The number of carbonyl (C=O) groups excluding carboxylic acids is 4. The average molecular weight is 588 g/mol. The molecule has 0 radical (unpaired) electrons. The van der Waals surface area contributed by atoms with E-state index in [1.807, 2.05) is 0 Å². The Balaban J connectivity index is 1.60. The van der Waals surface area contributed by atoms with E-state index in [1.165, 1.54) is 9.80 Å². The van der Waals surface area contributed by atoms with Crippen molar-refractivity contribution in [3.05, 3.63) is 54.6 Å². The number of hydrogen-bond acceptors (Lipinski definition) is 7. The minimum atomic E-state index is -1.22. The van der Waals surface area contributed by atoms with Crippen LogP contribution in [0.25, 0.3) is 0 Å². The van der Waals surface area contributed by atoms with E-state index in [0.29, 0.717) is 30.0 Å². The zero-order valence-electron chi connectivity index (χ0n) is 23.3. The quantitative estimate of drug-likeness (QED) is 0.253. The molecule has 3 heterocycles. The van der Waals surface area contributed by atoms with E-state index in [-0.39, 0.29) is 50.9 Å². The van der Waals surface area contributed by atoms with E-state index in [4.69, 9.17) is 21.1 Å². The van der Waals surface area contributed by atoms with E-state index >= 15 is 0 Å². The van der Waals surface area contributed by atoms with Gasteiger partial charge in [0.05, 0.1) is 35.2 Å². The van der Waals surface area contributed by atoms with Gasteiger partial charge in [0.2, 0.25) is 11.8 Å². The summed E-state index contributed by atoms with van der Waals surface area (Å²) in [6, 6.07) is 5.90. The Kier molecular flexibility index (Phi) is 9.88. The molecule has 0 aliphatic carbocycles. The van der Waals surface area contributed by atoms with Gasteiger partial charge in [0.25, 0.3) is 5.91 Å². The Hall–Kier alpha value is -3.21. The Morgan fingerprint density at radius 3 is 2.76 bits per heavy atom. The molecule has 1 aromatic carbocycles. The van der Waals surface area contributed by atoms with Crippen LogP contribution in [0, 0.1) is 11.8 Å². The highest BCUT2D eigenvalue weighted by Crippen LogP contribution is 2.59. The Morgan fingerprint density at radius 2 is 2.07 bits per heavy atom. The molecular formula is C30H38ClN3O7. The van der Waals surface area contributed by atoms with Gasteiger partial charge < -0.3 is 29.7 Å². The van der Waals surface area contributed by atoms with Crippen molar-refractivity contribution in [3.63, 3.8) is 0 Å². The van der Waals surface area contributed by atoms with Crippen LogP contribution in [0.4, 0.5) is 5.69 Å². The largest absolute Gasteiger partial charge is 0.460 e. The van der Waals surface area contributed by atoms with Crippen LogP contribution in [0.3, 0.4) is 0 Å². The standard InChI is InChI=1S/C30H38ClN3O7/c1-4-6-12-23(36)32-18-19(3)40-29(39)24-22-13-14-30(41-22)25(24)27(37)34(16-9-17-35)26(30)28(38)33(15-5-2)21-11-8-7-10-20(21)31/h4-5,7-8,10-11,19,22,24-26,35H,1-2,6,9,12-18H2,3H3,(H,32,36)/t19-,22+,24-,25-,26+,30-/m1/s1. The molecule has 41 heavy (non-hydrogen) atoms. The first kappa shape index (κ1) is 30.7. The number of nitrogens with one attached hydrogen (secondary N) is 1. The van der Waals surface area contributed by atoms with Crippen molar-refractivity contribution >= 4 is 41.0 Å². The van der Waals surface area contributed by atoms with Crippen molar-refractivity contribution < 1.29 is 33.8 Å². The van der Waals surface area contributed by atoms with Crippen LogP contribution in [0.1, 0.15) is 39.0 Å². The fourth-order valence-electron chi connectivity index (χ4n) is 6.33. The first-order valence-electron chi connectivity index (χ1n) is 14.0. The number of aliphatic hydroxyl groups excluding tert-OH is 1. The lowest BCUT2D eigenvalue weighted by atomic mass is 9.70. The third kappa shape index (κ3) is 5.91. The molecule has 3 fully saturated rings. The summed E-state index contributed by atoms with van der Waals surface area (Å²) in [5, 5.41) is 12.7. The minimum absolute atomic E-state index is 0.122. The topological polar surface area (TPSA) is 125 Å². The molecule has 4 rings (SSSR count). The summed E-state index contributed by atoms with van der Waals surface area (Å²) in [7, 11) is 0. The van der Waals surface area contributed by atoms with Crippen LogP contribution in [-0.2, 0) is 28.7 Å². The molecule has 1 spiro atoms. The number of ether oxygens (including phenoxy) is 2. The van der Waals surface area contributed by atoms with Gasteiger partial charge in [-0.05, 0) is 44.7 Å². The average Bonchev–Trinajstić information content (AvgIpc) is 3.60. The number of nitrogens with zero attached hydrogens (tertiary/aromatic N) is 2. The van der Waals surface area contributed by atoms with Gasteiger partial charge in [0.1, 0.15) is 17.7 Å². The number of esters is 1. The third-order valence-corrected chi connectivity index (χ3v) is 8.38. The molecular weight excluding hydrogens is 550 g/mol. The molecule has 1 aromatic rings. The maximum atomic E-state index is 14.3. The summed E-state index contributed by atoms with van der Waals surface area (Å²) in [5.41, 5.74) is -0.748. The fourth-order valence-corrected chi connectivity index (χ4v) is 6.57. The van der Waals surface area contributed by atoms with E-state index in [2.05, 4.69) is 18.5 Å². The number of halogens is 1. The smallest absolute Gasteiger partial charge is 0.312 e. The van der Waals surface area contributed by atoms with Gasteiger partial charge in [-0.25, -0.2) is 0 Å². The lowest BCUT2D eigenvalue weighted by Crippen LogP contribution is -2.56. The molecule has 3 saturated heterocycles. The molecule has 2 N–H and O–H groups in total. The Labute approximate surface area is 245 Å². The molecule has 3 aliphatic rings. The third-order valence-electron chi connectivity index (χ3n) is 8.06. The monoisotopic (exact) mass is 587 g/mol. The molecule has 2 bridgehead atoms. The number of para-hydroxylation sites is 1. The van der Waals surface area contributed by atoms with Crippen LogP contribution in [-0.4, -0.2) is 83.8 Å². The van der Waals surface area contributed by atoms with E-state index in [0.717, 1.165) is 0 Å². The molecule has 10 nitrogen and oxygen atoms in total. The molecule has 0 saturated carbocycles. The molecule has 0 aromatic heterocycles. The SMILES string of the molecule is C=CCCC(=O)NC[C@@H](C)OC(=O)[C@@H]1[C@@H]2CC[C@]3(O2)[C@H](C(=O)N(CC=C)c2ccccc2Cl)N(CCCO)C(=O)[C@@H]13. The number of anilines is 1. The zero-order chi connectivity index (χ0) is 29.7. The van der Waals surface area contributed by atoms with Crippen molar-refractivity contribution in [2.24, 2.45) is 11.8 Å². The molecule has 11 heteroatoms. The van der Waals surface area contributed by atoms with Crippen molar-refractivity contribution in [2.75, 3.05) is 31.1 Å². The number of aliphatic hydroxyl groups is 1. The molecule has 3 aliphatic heterocycles. The summed E-state index contributed by atoms with van der Waals surface area (Å²) in [4.78, 5) is 56.7. The fraction of sp³-hybridized carbons (Fsp3) is 0.533. The second-order valence-corrected chi connectivity index (χ2v) is 11.1. The number of allylic oxidation sites excluding steroid dienone is 1. The second kappa shape index (κ2) is 13.2. The maximum Gasteiger partial charge on any atom is 0.312 e. The van der Waals surface area contributed by atoms with E-state index < -0.39 is 47.6 Å². The van der Waals surface area contributed by atoms with Crippen LogP contribution >= 0.6 is 11.6 Å². The summed E-state index contributed by atoms with van der Waals surface area (Å²) in [6.07, 6.45) is 4.02. The second-order valence-electron chi connectivity index (χ2n) is 10.7. The van der Waals surface area contributed by atoms with Crippen molar-refractivity contribution in [2.45, 2.75) is 62.9 Å². The highest BCUT2D eigenvalue weighted by Gasteiger charge is 2.75. The molecule has 0 unspecified atom stereocenters. The van der Waals surface area contributed by atoms with Crippen LogP contribution in [0.2, 0.25) is 5.02 Å². The first-order valence-corrected chi connectivity index (χ1v) is 14.4. The number of carbonyl (C=O) groups is 4. The predicted molar refractivity (Wildman–Crippen MR) is 153 cm³/mol. The minimum Gasteiger partial charge on any atom is -0.460 e. The van der Waals surface area contributed by atoms with Crippen molar-refractivity contribution in [1.29, 1.82) is 0 Å². The van der Waals surface area contributed by atoms with Gasteiger partial charge in [-0.2, -0.15) is 0 Å². The van der Waals surface area contributed by atoms with Gasteiger partial charge in [0.15, 0.2) is 0 Å². The summed E-state index contributed by atoms with van der Waals surface area (Å²) < 4.78 is 12.1. The highest BCUT2D eigenvalue weighted by atomic mass is 35.5. The van der Waals surface area contributed by atoms with Crippen LogP contribution < -0.4 is 10.2 Å². The molecule has 3 amide bonds. The predicted octanol–water partition coefficient (Wildman–Crippen LogP) is 2.63. The van der Waals surface area contributed by atoms with Gasteiger partial charge in [-0.1, -0.05) is 35.9 Å². The van der Waals surface area contributed by atoms with Gasteiger partial charge >= 0.3 is 5.97 Å². The number of benzene rings is 1. The van der Waals surface area contributed by atoms with Gasteiger partial charge in [-0.3, -0.25) is 19.2 Å². The zero-order valence-corrected chi connectivity index (χ0v) is 24.1. The van der Waals surface area contributed by atoms with E-state index in [1.54, 1.807) is 43.3 Å². The highest BCUT2D eigenvalue weighted by molar-refractivity contribution is 6.34. The Bertz CT molecular complexity index is 1190. The first-order chi connectivity index (χ1) is 19.7. The van der Waals surface area contributed by atoms with E-state index in [9.17, 15) is 24.3 Å². The van der Waals surface area contributed by atoms with Crippen LogP contribution in [0.5, 0.6) is 0 Å². The maximum absolute atomic E-state index is 14.3. The summed E-state index contributed by atoms with van der Waals surface area (Å²) in [6.45, 7) is 9.28. The van der Waals surface area contributed by atoms with Gasteiger partial charge in [-0.15, -0.1) is 13.2 Å². The number of hydrogen-bond donors (Lipinski definition) is 2. The lowest BCUT2D eigenvalue weighted by molar-refractivity contribution is -0.159. The summed E-state index contributed by atoms with van der Waals surface area (Å²) >= 11 is 6.46. The normalized spacial score (nSPS) is 26.8. The van der Waals surface area contributed by atoms with Crippen molar-refractivity contribution in [1.82, 2.24) is 10.2 Å². The molecule has 6 atom stereocenters. The number of amides is 3. The Morgan fingerprint density at radius 1 is 1.32 bits per heavy atom. The number of likely N-dealkylation sites (tertiary alicyclic amines) is 1. The molecule has 222 valence electrons. The van der Waals surface area contributed by atoms with Gasteiger partial charge in [0, 0.05) is 26.1 Å². The number of rotatable bonds is 14. The lowest BCUT2D eigenvalue weighted by Gasteiger charge is -2.37. The number of fused-ring (bicyclic) bond motifs is 1. The summed E-state index contributed by atoms with van der Waals surface area (Å²) in [5.74, 6) is -3.33.